The fraction of sp³-hybridized carbons (Fsp3) is 0.357. The van der Waals surface area contributed by atoms with Crippen LogP contribution in [0, 0.1) is 5.92 Å². The first kappa shape index (κ1) is 12.5. The quantitative estimate of drug-likeness (QED) is 0.835. The number of rotatable bonds is 6. The molecule has 96 valence electrons. The number of allylic oxidation sites excluding steroid dienone is 1. The Kier molecular flexibility index (Phi) is 4.23. The van der Waals surface area contributed by atoms with Gasteiger partial charge in [0.1, 0.15) is 12.0 Å². The van der Waals surface area contributed by atoms with Crippen molar-refractivity contribution in [3.63, 3.8) is 0 Å². The van der Waals surface area contributed by atoms with Gasteiger partial charge in [-0.05, 0) is 18.4 Å². The maximum atomic E-state index is 10.9. The molecule has 1 aliphatic heterocycles. The van der Waals surface area contributed by atoms with Crippen molar-refractivity contribution in [3.8, 4) is 0 Å². The molecule has 0 aliphatic carbocycles. The van der Waals surface area contributed by atoms with E-state index in [1.165, 1.54) is 5.56 Å². The molecule has 0 radical (unpaired) electrons. The van der Waals surface area contributed by atoms with E-state index in [0.29, 0.717) is 12.8 Å². The zero-order chi connectivity index (χ0) is 12.8. The third kappa shape index (κ3) is 3.52. The van der Waals surface area contributed by atoms with Crippen molar-refractivity contribution in [2.75, 3.05) is 6.79 Å². The van der Waals surface area contributed by atoms with E-state index in [4.69, 9.17) is 15.2 Å². The van der Waals surface area contributed by atoms with Gasteiger partial charge in [0.2, 0.25) is 12.7 Å². The Labute approximate surface area is 106 Å². The molecule has 1 unspecified atom stereocenters. The number of benzene rings is 1. The number of carbonyl (C=O) groups is 1. The molecular weight excluding hydrogens is 230 g/mol. The van der Waals surface area contributed by atoms with E-state index < -0.39 is 0 Å². The van der Waals surface area contributed by atoms with Crippen LogP contribution in [0.15, 0.2) is 42.4 Å². The van der Waals surface area contributed by atoms with Crippen molar-refractivity contribution in [2.45, 2.75) is 19.3 Å². The summed E-state index contributed by atoms with van der Waals surface area (Å²) in [5.41, 5.74) is 6.41. The lowest BCUT2D eigenvalue weighted by molar-refractivity contribution is -0.118. The molecular formula is C14H17NO3. The third-order valence-corrected chi connectivity index (χ3v) is 2.96. The second-order valence-electron chi connectivity index (χ2n) is 4.34. The van der Waals surface area contributed by atoms with Gasteiger partial charge in [-0.15, -0.1) is 0 Å². The number of hydrogen-bond acceptors (Lipinski definition) is 3. The molecule has 0 saturated heterocycles. The van der Waals surface area contributed by atoms with Crippen LogP contribution >= 0.6 is 0 Å². The van der Waals surface area contributed by atoms with Crippen molar-refractivity contribution in [1.82, 2.24) is 0 Å². The predicted molar refractivity (Wildman–Crippen MR) is 67.2 cm³/mol. The highest BCUT2D eigenvalue weighted by atomic mass is 16.7. The smallest absolute Gasteiger partial charge is 0.229 e. The summed E-state index contributed by atoms with van der Waals surface area (Å²) in [6.45, 7) is 0.261. The topological polar surface area (TPSA) is 61.6 Å². The molecule has 0 saturated carbocycles. The number of primary amides is 1. The Morgan fingerprint density at radius 2 is 2.11 bits per heavy atom. The molecule has 1 heterocycles. The highest BCUT2D eigenvalue weighted by Gasteiger charge is 2.21. The number of hydrogen-bond donors (Lipinski definition) is 1. The molecule has 2 rings (SSSR count). The van der Waals surface area contributed by atoms with Crippen molar-refractivity contribution in [3.05, 3.63) is 47.9 Å². The van der Waals surface area contributed by atoms with Gasteiger partial charge in [-0.2, -0.15) is 0 Å². The Balaban J connectivity index is 2.02. The SMILES string of the molecule is NC(=O)CCC(Cc1ccccc1)C1=COCO1. The summed E-state index contributed by atoms with van der Waals surface area (Å²) >= 11 is 0. The van der Waals surface area contributed by atoms with Crippen LogP contribution in [-0.2, 0) is 20.7 Å². The molecule has 18 heavy (non-hydrogen) atoms. The summed E-state index contributed by atoms with van der Waals surface area (Å²) in [5.74, 6) is 0.662. The fourth-order valence-corrected chi connectivity index (χ4v) is 2.03. The van der Waals surface area contributed by atoms with Gasteiger partial charge in [0.05, 0.1) is 0 Å². The van der Waals surface area contributed by atoms with Crippen LogP contribution in [-0.4, -0.2) is 12.7 Å². The van der Waals surface area contributed by atoms with Crippen molar-refractivity contribution in [2.24, 2.45) is 11.7 Å². The second-order valence-corrected chi connectivity index (χ2v) is 4.34. The highest BCUT2D eigenvalue weighted by Crippen LogP contribution is 2.25. The molecule has 0 spiro atoms. The first-order valence-corrected chi connectivity index (χ1v) is 6.02. The maximum Gasteiger partial charge on any atom is 0.229 e. The van der Waals surface area contributed by atoms with Gasteiger partial charge in [0, 0.05) is 12.3 Å². The standard InChI is InChI=1S/C14H17NO3/c15-14(16)7-6-12(13-9-17-10-18-13)8-11-4-2-1-3-5-11/h1-5,9,12H,6-8,10H2,(H2,15,16). The van der Waals surface area contributed by atoms with Crippen LogP contribution in [0.3, 0.4) is 0 Å². The van der Waals surface area contributed by atoms with E-state index in [9.17, 15) is 4.79 Å². The lowest BCUT2D eigenvalue weighted by Gasteiger charge is -2.16. The minimum Gasteiger partial charge on any atom is -0.462 e. The summed E-state index contributed by atoms with van der Waals surface area (Å²) in [7, 11) is 0. The molecule has 0 fully saturated rings. The van der Waals surface area contributed by atoms with E-state index in [0.717, 1.165) is 12.2 Å². The van der Waals surface area contributed by atoms with Gasteiger partial charge < -0.3 is 15.2 Å². The highest BCUT2D eigenvalue weighted by molar-refractivity contribution is 5.73. The third-order valence-electron chi connectivity index (χ3n) is 2.96. The normalized spacial score (nSPS) is 15.4. The molecule has 1 amide bonds. The zero-order valence-corrected chi connectivity index (χ0v) is 10.2. The summed E-state index contributed by atoms with van der Waals surface area (Å²) < 4.78 is 10.5. The maximum absolute atomic E-state index is 10.9. The number of amides is 1. The number of ether oxygens (including phenoxy) is 2. The molecule has 1 aromatic rings. The molecule has 1 aliphatic rings. The summed E-state index contributed by atoms with van der Waals surface area (Å²) in [6, 6.07) is 10.1. The molecule has 1 aromatic carbocycles. The number of nitrogens with two attached hydrogens (primary N) is 1. The molecule has 0 aromatic heterocycles. The van der Waals surface area contributed by atoms with E-state index in [1.54, 1.807) is 6.26 Å². The number of carbonyl (C=O) groups excluding carboxylic acids is 1. The van der Waals surface area contributed by atoms with Gasteiger partial charge >= 0.3 is 0 Å². The molecule has 0 bridgehead atoms. The van der Waals surface area contributed by atoms with E-state index in [-0.39, 0.29) is 18.6 Å². The van der Waals surface area contributed by atoms with Crippen molar-refractivity contribution >= 4 is 5.91 Å². The Hall–Kier alpha value is -1.97. The minimum absolute atomic E-state index is 0.141. The first-order chi connectivity index (χ1) is 8.75. The Morgan fingerprint density at radius 3 is 2.72 bits per heavy atom. The van der Waals surface area contributed by atoms with Crippen LogP contribution in [0.4, 0.5) is 0 Å². The molecule has 1 atom stereocenters. The van der Waals surface area contributed by atoms with Crippen molar-refractivity contribution < 1.29 is 14.3 Å². The largest absolute Gasteiger partial charge is 0.462 e. The summed E-state index contributed by atoms with van der Waals surface area (Å²) in [6.07, 6.45) is 3.50. The van der Waals surface area contributed by atoms with Gasteiger partial charge in [-0.1, -0.05) is 30.3 Å². The summed E-state index contributed by atoms with van der Waals surface area (Å²) in [5, 5.41) is 0. The van der Waals surface area contributed by atoms with E-state index in [2.05, 4.69) is 12.1 Å². The Morgan fingerprint density at radius 1 is 1.33 bits per heavy atom. The average molecular weight is 247 g/mol. The Bertz CT molecular complexity index is 428. The first-order valence-electron chi connectivity index (χ1n) is 6.02. The predicted octanol–water partition coefficient (Wildman–Crippen LogP) is 1.96. The van der Waals surface area contributed by atoms with Gasteiger partial charge in [-0.3, -0.25) is 4.79 Å². The molecule has 2 N–H and O–H groups in total. The van der Waals surface area contributed by atoms with E-state index >= 15 is 0 Å². The van der Waals surface area contributed by atoms with Crippen LogP contribution in [0.25, 0.3) is 0 Å². The van der Waals surface area contributed by atoms with Gasteiger partial charge in [0.15, 0.2) is 0 Å². The second kappa shape index (κ2) is 6.10. The van der Waals surface area contributed by atoms with E-state index in [1.807, 2.05) is 18.2 Å². The lowest BCUT2D eigenvalue weighted by Crippen LogP contribution is -2.15. The monoisotopic (exact) mass is 247 g/mol. The van der Waals surface area contributed by atoms with Crippen LogP contribution in [0.1, 0.15) is 18.4 Å². The average Bonchev–Trinajstić information content (AvgIpc) is 2.89. The summed E-state index contributed by atoms with van der Waals surface area (Å²) in [4.78, 5) is 10.9. The molecule has 4 heteroatoms. The van der Waals surface area contributed by atoms with Crippen LogP contribution in [0.5, 0.6) is 0 Å². The minimum atomic E-state index is -0.285. The fourth-order valence-electron chi connectivity index (χ4n) is 2.03. The molecule has 4 nitrogen and oxygen atoms in total. The van der Waals surface area contributed by atoms with Crippen LogP contribution in [0.2, 0.25) is 0 Å². The zero-order valence-electron chi connectivity index (χ0n) is 10.2. The van der Waals surface area contributed by atoms with Gasteiger partial charge in [0.25, 0.3) is 0 Å². The lowest BCUT2D eigenvalue weighted by atomic mass is 9.93. The van der Waals surface area contributed by atoms with Crippen molar-refractivity contribution in [1.29, 1.82) is 0 Å². The van der Waals surface area contributed by atoms with Crippen LogP contribution < -0.4 is 5.73 Å². The van der Waals surface area contributed by atoms with Gasteiger partial charge in [-0.25, -0.2) is 0 Å².